The smallest absolute Gasteiger partial charge is 0.138 e. The Morgan fingerprint density at radius 1 is 1.50 bits per heavy atom. The van der Waals surface area contributed by atoms with Gasteiger partial charge in [-0.1, -0.05) is 0 Å². The highest BCUT2D eigenvalue weighted by atomic mass is 79.9. The molecule has 0 aliphatic heterocycles. The molecule has 0 radical (unpaired) electrons. The van der Waals surface area contributed by atoms with Gasteiger partial charge in [0, 0.05) is 5.56 Å². The maximum atomic E-state index is 13.4. The first kappa shape index (κ1) is 11.4. The Kier molecular flexibility index (Phi) is 2.90. The van der Waals surface area contributed by atoms with Crippen molar-refractivity contribution in [1.82, 2.24) is 0 Å². The second-order valence-electron chi connectivity index (χ2n) is 4.02. The molecule has 0 amide bonds. The molecule has 0 bridgehead atoms. The van der Waals surface area contributed by atoms with Gasteiger partial charge in [0.05, 0.1) is 23.1 Å². The van der Waals surface area contributed by atoms with E-state index >= 15 is 0 Å². The van der Waals surface area contributed by atoms with Crippen molar-refractivity contribution in [3.8, 4) is 11.8 Å². The zero-order valence-corrected chi connectivity index (χ0v) is 10.5. The largest absolute Gasteiger partial charge is 0.495 e. The number of benzene rings is 1. The Morgan fingerprint density at radius 3 is 2.62 bits per heavy atom. The Labute approximate surface area is 102 Å². The number of ether oxygens (including phenoxy) is 1. The van der Waals surface area contributed by atoms with E-state index in [0.717, 1.165) is 19.3 Å². The van der Waals surface area contributed by atoms with Crippen LogP contribution in [0.15, 0.2) is 16.6 Å². The summed E-state index contributed by atoms with van der Waals surface area (Å²) < 4.78 is 19.2. The third-order valence-electron chi connectivity index (χ3n) is 3.15. The van der Waals surface area contributed by atoms with Crippen LogP contribution in [0.2, 0.25) is 0 Å². The molecule has 0 N–H and O–H groups in total. The van der Waals surface area contributed by atoms with Gasteiger partial charge in [0.2, 0.25) is 0 Å². The van der Waals surface area contributed by atoms with E-state index in [0.29, 0.717) is 15.8 Å². The van der Waals surface area contributed by atoms with Crippen molar-refractivity contribution in [2.24, 2.45) is 0 Å². The van der Waals surface area contributed by atoms with Gasteiger partial charge in [0.15, 0.2) is 0 Å². The van der Waals surface area contributed by atoms with Crippen LogP contribution < -0.4 is 4.74 Å². The third-order valence-corrected chi connectivity index (χ3v) is 3.74. The van der Waals surface area contributed by atoms with Gasteiger partial charge in [-0.05, 0) is 47.3 Å². The fraction of sp³-hybridized carbons (Fsp3) is 0.417. The highest BCUT2D eigenvalue weighted by Crippen LogP contribution is 2.48. The molecule has 1 fully saturated rings. The molecule has 1 aromatic carbocycles. The lowest BCUT2D eigenvalue weighted by Crippen LogP contribution is -2.33. The van der Waals surface area contributed by atoms with E-state index in [1.165, 1.54) is 19.2 Å². The summed E-state index contributed by atoms with van der Waals surface area (Å²) in [6, 6.07) is 5.05. The summed E-state index contributed by atoms with van der Waals surface area (Å²) in [5.41, 5.74) is 0.103. The van der Waals surface area contributed by atoms with E-state index in [4.69, 9.17) is 4.74 Å². The Bertz CT molecular complexity index is 463. The zero-order chi connectivity index (χ0) is 11.8. The first-order valence-electron chi connectivity index (χ1n) is 5.08. The monoisotopic (exact) mass is 283 g/mol. The van der Waals surface area contributed by atoms with Crippen molar-refractivity contribution in [2.45, 2.75) is 24.7 Å². The summed E-state index contributed by atoms with van der Waals surface area (Å²) in [4.78, 5) is 0. The normalized spacial score (nSPS) is 17.4. The molecule has 0 aromatic heterocycles. The summed E-state index contributed by atoms with van der Waals surface area (Å²) in [5, 5.41) is 9.25. The summed E-state index contributed by atoms with van der Waals surface area (Å²) in [5.74, 6) is 0.229. The minimum Gasteiger partial charge on any atom is -0.495 e. The molecule has 2 rings (SSSR count). The molecule has 84 valence electrons. The van der Waals surface area contributed by atoms with Crippen molar-refractivity contribution < 1.29 is 9.13 Å². The van der Waals surface area contributed by atoms with Gasteiger partial charge in [-0.2, -0.15) is 5.26 Å². The highest BCUT2D eigenvalue weighted by Gasteiger charge is 2.42. The van der Waals surface area contributed by atoms with Crippen LogP contribution in [0.25, 0.3) is 0 Å². The zero-order valence-electron chi connectivity index (χ0n) is 8.89. The van der Waals surface area contributed by atoms with E-state index < -0.39 is 5.41 Å². The third kappa shape index (κ3) is 1.60. The maximum Gasteiger partial charge on any atom is 0.138 e. The van der Waals surface area contributed by atoms with Crippen LogP contribution in [0.3, 0.4) is 0 Å². The second kappa shape index (κ2) is 4.06. The second-order valence-corrected chi connectivity index (χ2v) is 4.87. The number of rotatable bonds is 2. The summed E-state index contributed by atoms with van der Waals surface area (Å²) in [7, 11) is 1.53. The summed E-state index contributed by atoms with van der Waals surface area (Å²) in [6.07, 6.45) is 2.55. The van der Waals surface area contributed by atoms with E-state index in [1.54, 1.807) is 0 Å². The lowest BCUT2D eigenvalue weighted by Gasteiger charge is -2.36. The molecule has 0 heterocycles. The SMILES string of the molecule is COc1c(Br)cc(F)cc1C1(C#N)CCC1. The van der Waals surface area contributed by atoms with Crippen LogP contribution in [0.1, 0.15) is 24.8 Å². The average molecular weight is 284 g/mol. The number of halogens is 2. The quantitative estimate of drug-likeness (QED) is 0.832. The maximum absolute atomic E-state index is 13.4. The van der Waals surface area contributed by atoms with Crippen molar-refractivity contribution in [3.63, 3.8) is 0 Å². The van der Waals surface area contributed by atoms with Crippen LogP contribution in [0.4, 0.5) is 4.39 Å². The van der Waals surface area contributed by atoms with Crippen LogP contribution in [0.5, 0.6) is 5.75 Å². The topological polar surface area (TPSA) is 33.0 Å². The van der Waals surface area contributed by atoms with Crippen LogP contribution in [-0.4, -0.2) is 7.11 Å². The van der Waals surface area contributed by atoms with E-state index in [9.17, 15) is 9.65 Å². The van der Waals surface area contributed by atoms with Gasteiger partial charge >= 0.3 is 0 Å². The molecule has 0 unspecified atom stereocenters. The Balaban J connectivity index is 2.59. The predicted octanol–water partition coefficient (Wildman–Crippen LogP) is 3.54. The minimum atomic E-state index is -0.560. The van der Waals surface area contributed by atoms with Gasteiger partial charge in [-0.15, -0.1) is 0 Å². The van der Waals surface area contributed by atoms with Gasteiger partial charge in [0.25, 0.3) is 0 Å². The van der Waals surface area contributed by atoms with Crippen LogP contribution >= 0.6 is 15.9 Å². The fourth-order valence-electron chi connectivity index (χ4n) is 2.09. The molecule has 0 atom stereocenters. The molecular weight excluding hydrogens is 273 g/mol. The molecule has 1 aliphatic rings. The lowest BCUT2D eigenvalue weighted by atomic mass is 9.65. The van der Waals surface area contributed by atoms with Crippen molar-refractivity contribution in [1.29, 1.82) is 5.26 Å². The number of hydrogen-bond donors (Lipinski definition) is 0. The number of methoxy groups -OCH3 is 1. The number of nitrogens with zero attached hydrogens (tertiary/aromatic N) is 1. The Hall–Kier alpha value is -1.08. The van der Waals surface area contributed by atoms with Gasteiger partial charge < -0.3 is 4.74 Å². The molecule has 0 saturated heterocycles. The first-order valence-corrected chi connectivity index (χ1v) is 5.87. The predicted molar refractivity (Wildman–Crippen MR) is 61.8 cm³/mol. The minimum absolute atomic E-state index is 0.343. The summed E-state index contributed by atoms with van der Waals surface area (Å²) >= 11 is 3.26. The highest BCUT2D eigenvalue weighted by molar-refractivity contribution is 9.10. The van der Waals surface area contributed by atoms with Crippen molar-refractivity contribution in [2.75, 3.05) is 7.11 Å². The standard InChI is InChI=1S/C12H11BrFNO/c1-16-11-9(5-8(14)6-10(11)13)12(7-15)3-2-4-12/h5-6H,2-4H2,1H3. The lowest BCUT2D eigenvalue weighted by molar-refractivity contribution is 0.305. The van der Waals surface area contributed by atoms with E-state index in [1.807, 2.05) is 0 Å². The average Bonchev–Trinajstić information content (AvgIpc) is 2.16. The van der Waals surface area contributed by atoms with Crippen LogP contribution in [0, 0.1) is 17.1 Å². The number of nitriles is 1. The van der Waals surface area contributed by atoms with Gasteiger partial charge in [0.1, 0.15) is 11.6 Å². The first-order chi connectivity index (χ1) is 7.63. The number of hydrogen-bond acceptors (Lipinski definition) is 2. The molecule has 1 aliphatic carbocycles. The molecule has 1 aromatic rings. The van der Waals surface area contributed by atoms with E-state index in [2.05, 4.69) is 22.0 Å². The molecule has 16 heavy (non-hydrogen) atoms. The molecule has 1 saturated carbocycles. The fourth-order valence-corrected chi connectivity index (χ4v) is 2.69. The molecule has 0 spiro atoms. The van der Waals surface area contributed by atoms with Gasteiger partial charge in [-0.25, -0.2) is 4.39 Å². The van der Waals surface area contributed by atoms with E-state index in [-0.39, 0.29) is 5.82 Å². The molecular formula is C12H11BrFNO. The van der Waals surface area contributed by atoms with Crippen molar-refractivity contribution in [3.05, 3.63) is 28.0 Å². The molecule has 2 nitrogen and oxygen atoms in total. The Morgan fingerprint density at radius 2 is 2.19 bits per heavy atom. The van der Waals surface area contributed by atoms with Crippen molar-refractivity contribution >= 4 is 15.9 Å². The van der Waals surface area contributed by atoms with Crippen LogP contribution in [-0.2, 0) is 5.41 Å². The molecule has 4 heteroatoms. The summed E-state index contributed by atoms with van der Waals surface area (Å²) in [6.45, 7) is 0. The van der Waals surface area contributed by atoms with Gasteiger partial charge in [-0.3, -0.25) is 0 Å².